The van der Waals surface area contributed by atoms with Crippen LogP contribution in [0.4, 0.5) is 10.3 Å². The monoisotopic (exact) mass is 528 g/mol. The van der Waals surface area contributed by atoms with Crippen molar-refractivity contribution in [1.29, 1.82) is 0 Å². The molecule has 2 aromatic heterocycles. The topological polar surface area (TPSA) is 32.3 Å². The maximum absolute atomic E-state index is 4.74. The number of para-hydroxylation sites is 2. The number of rotatable bonds is 2. The molecule has 0 saturated carbocycles. The molecule has 3 heterocycles. The quantitative estimate of drug-likeness (QED) is 0.372. The molecule has 0 spiro atoms. The summed E-state index contributed by atoms with van der Waals surface area (Å²) >= 11 is 3.47. The number of nitrogens with zero attached hydrogens (tertiary/aromatic N) is 4. The number of thiazole rings is 2. The second-order valence-electron chi connectivity index (χ2n) is 5.43. The maximum atomic E-state index is 4.74. The van der Waals surface area contributed by atoms with Crippen LogP contribution < -0.4 is 9.62 Å². The summed E-state index contributed by atoms with van der Waals surface area (Å²) in [4.78, 5) is 13.9. The van der Waals surface area contributed by atoms with Crippen LogP contribution in [0.15, 0.2) is 48.5 Å². The van der Waals surface area contributed by atoms with E-state index in [1.807, 2.05) is 12.1 Å². The third-order valence-electron chi connectivity index (χ3n) is 3.92. The summed E-state index contributed by atoms with van der Waals surface area (Å²) in [5.74, 6) is 0. The van der Waals surface area contributed by atoms with Crippen molar-refractivity contribution >= 4 is 60.9 Å². The average molecular weight is 527 g/mol. The largest absolute Gasteiger partial charge is 0.395 e. The summed E-state index contributed by atoms with van der Waals surface area (Å²) in [7, 11) is 2.13. The van der Waals surface area contributed by atoms with Gasteiger partial charge in [0.25, 0.3) is 0 Å². The van der Waals surface area contributed by atoms with Gasteiger partial charge in [-0.05, 0) is 24.3 Å². The fraction of sp³-hybridized carbons (Fsp3) is 0.125. The van der Waals surface area contributed by atoms with E-state index in [-0.39, 0.29) is 20.1 Å². The zero-order chi connectivity index (χ0) is 15.2. The van der Waals surface area contributed by atoms with Gasteiger partial charge in [0.1, 0.15) is 0 Å². The van der Waals surface area contributed by atoms with Crippen molar-refractivity contribution in [2.45, 2.75) is 0 Å². The SMILES string of the molecule is [B]1N(c2nc3ccccc3s2)CCN1c1nc2ccccc2s1.[Ir]. The molecule has 4 nitrogen and oxygen atoms in total. The number of anilines is 2. The van der Waals surface area contributed by atoms with Crippen LogP contribution in [-0.2, 0) is 20.1 Å². The van der Waals surface area contributed by atoms with Gasteiger partial charge < -0.3 is 9.62 Å². The first-order chi connectivity index (χ1) is 11.4. The Bertz CT molecular complexity index is 856. The maximum Gasteiger partial charge on any atom is 0.395 e. The van der Waals surface area contributed by atoms with E-state index in [4.69, 9.17) is 9.97 Å². The van der Waals surface area contributed by atoms with Crippen molar-refractivity contribution in [1.82, 2.24) is 9.97 Å². The predicted molar refractivity (Wildman–Crippen MR) is 99.7 cm³/mol. The number of hydrogen-bond donors (Lipinski definition) is 0. The molecule has 1 aliphatic rings. The summed E-state index contributed by atoms with van der Waals surface area (Å²) < 4.78 is 2.46. The van der Waals surface area contributed by atoms with E-state index in [0.717, 1.165) is 34.4 Å². The van der Waals surface area contributed by atoms with Gasteiger partial charge in [0.2, 0.25) is 0 Å². The minimum atomic E-state index is 0. The van der Waals surface area contributed by atoms with Crippen molar-refractivity contribution in [3.05, 3.63) is 48.5 Å². The summed E-state index contributed by atoms with van der Waals surface area (Å²) in [5.41, 5.74) is 2.14. The molecule has 0 amide bonds. The molecular formula is C16H12BIrN4S2. The van der Waals surface area contributed by atoms with Gasteiger partial charge in [-0.15, -0.1) is 0 Å². The summed E-state index contributed by atoms with van der Waals surface area (Å²) in [6.07, 6.45) is 0. The van der Waals surface area contributed by atoms with Gasteiger partial charge >= 0.3 is 7.55 Å². The third-order valence-corrected chi connectivity index (χ3v) is 6.06. The Morgan fingerprint density at radius 3 is 1.67 bits per heavy atom. The molecule has 0 aliphatic carbocycles. The molecule has 5 rings (SSSR count). The molecule has 2 radical (unpaired) electrons. The van der Waals surface area contributed by atoms with Crippen LogP contribution in [0.1, 0.15) is 0 Å². The molecule has 1 saturated heterocycles. The number of benzene rings is 2. The zero-order valence-corrected chi connectivity index (χ0v) is 16.6. The van der Waals surface area contributed by atoms with E-state index in [0.29, 0.717) is 0 Å². The fourth-order valence-corrected chi connectivity index (χ4v) is 4.68. The predicted octanol–water partition coefficient (Wildman–Crippen LogP) is 3.76. The number of aromatic nitrogens is 2. The molecule has 24 heavy (non-hydrogen) atoms. The molecular weight excluding hydrogens is 515 g/mol. The summed E-state index contributed by atoms with van der Waals surface area (Å²) in [5, 5.41) is 2.10. The van der Waals surface area contributed by atoms with Gasteiger partial charge in [-0.3, -0.25) is 0 Å². The third kappa shape index (κ3) is 2.73. The Labute approximate surface area is 161 Å². The van der Waals surface area contributed by atoms with Crippen LogP contribution in [0.25, 0.3) is 20.4 Å². The van der Waals surface area contributed by atoms with Crippen molar-refractivity contribution in [2.75, 3.05) is 22.7 Å². The molecule has 0 unspecified atom stereocenters. The normalized spacial score (nSPS) is 14.2. The van der Waals surface area contributed by atoms with Gasteiger partial charge in [-0.2, -0.15) is 0 Å². The van der Waals surface area contributed by atoms with Gasteiger partial charge in [0.05, 0.1) is 20.4 Å². The standard InChI is InChI=1S/C16H12BN4S2.Ir/c1-3-7-13-11(5-1)18-15(22-13)20-9-10-21(17-20)16-19-12-6-2-4-8-14(12)23-16;/h1-8H,9-10H2;. The molecule has 1 fully saturated rings. The van der Waals surface area contributed by atoms with Crippen LogP contribution in [0, 0.1) is 0 Å². The smallest absolute Gasteiger partial charge is 0.373 e. The molecule has 0 bridgehead atoms. The van der Waals surface area contributed by atoms with Crippen molar-refractivity contribution in [3.8, 4) is 0 Å². The molecule has 1 aliphatic heterocycles. The van der Waals surface area contributed by atoms with Crippen LogP contribution >= 0.6 is 22.7 Å². The second kappa shape index (κ2) is 6.45. The summed E-state index contributed by atoms with van der Waals surface area (Å²) in [6, 6.07) is 16.6. The van der Waals surface area contributed by atoms with E-state index in [9.17, 15) is 0 Å². The molecule has 4 aromatic rings. The molecule has 0 N–H and O–H groups in total. The van der Waals surface area contributed by atoms with E-state index >= 15 is 0 Å². The second-order valence-corrected chi connectivity index (χ2v) is 7.45. The molecule has 2 aromatic carbocycles. The van der Waals surface area contributed by atoms with E-state index < -0.39 is 0 Å². The van der Waals surface area contributed by atoms with Crippen LogP contribution in [-0.4, -0.2) is 30.6 Å². The van der Waals surface area contributed by atoms with Crippen molar-refractivity contribution in [3.63, 3.8) is 0 Å². The Morgan fingerprint density at radius 1 is 0.750 bits per heavy atom. The van der Waals surface area contributed by atoms with E-state index in [1.165, 1.54) is 9.40 Å². The molecule has 120 valence electrons. The van der Waals surface area contributed by atoms with Crippen molar-refractivity contribution in [2.24, 2.45) is 0 Å². The summed E-state index contributed by atoms with van der Waals surface area (Å²) in [6.45, 7) is 1.88. The average Bonchev–Trinajstić information content (AvgIpc) is 3.30. The molecule has 0 atom stereocenters. The number of fused-ring (bicyclic) bond motifs is 2. The van der Waals surface area contributed by atoms with Crippen molar-refractivity contribution < 1.29 is 20.1 Å². The first-order valence-corrected chi connectivity index (χ1v) is 9.09. The van der Waals surface area contributed by atoms with E-state index in [2.05, 4.69) is 53.6 Å². The Morgan fingerprint density at radius 2 is 1.21 bits per heavy atom. The van der Waals surface area contributed by atoms with Gasteiger partial charge in [0, 0.05) is 33.2 Å². The van der Waals surface area contributed by atoms with Crippen LogP contribution in [0.3, 0.4) is 0 Å². The van der Waals surface area contributed by atoms with Crippen LogP contribution in [0.2, 0.25) is 0 Å². The fourth-order valence-electron chi connectivity index (χ4n) is 2.76. The number of hydrogen-bond acceptors (Lipinski definition) is 6. The van der Waals surface area contributed by atoms with Gasteiger partial charge in [-0.1, -0.05) is 46.9 Å². The molecule has 8 heteroatoms. The first kappa shape index (κ1) is 16.0. The van der Waals surface area contributed by atoms with Gasteiger partial charge in [0.15, 0.2) is 10.3 Å². The van der Waals surface area contributed by atoms with Gasteiger partial charge in [-0.25, -0.2) is 9.97 Å². The van der Waals surface area contributed by atoms with E-state index in [1.54, 1.807) is 22.7 Å². The zero-order valence-electron chi connectivity index (χ0n) is 12.5. The minimum Gasteiger partial charge on any atom is -0.373 e. The Kier molecular flexibility index (Phi) is 4.30. The Balaban J connectivity index is 0.00000146. The minimum absolute atomic E-state index is 0. The first-order valence-electron chi connectivity index (χ1n) is 7.46. The van der Waals surface area contributed by atoms with Crippen LogP contribution in [0.5, 0.6) is 0 Å². The Hall–Kier alpha value is -1.47.